The molecule has 6 nitrogen and oxygen atoms in total. The molecule has 0 spiro atoms. The summed E-state index contributed by atoms with van der Waals surface area (Å²) in [5, 5.41) is 7.71. The van der Waals surface area contributed by atoms with E-state index in [1.165, 1.54) is 17.5 Å². The van der Waals surface area contributed by atoms with Crippen molar-refractivity contribution in [3.63, 3.8) is 0 Å². The molecule has 1 aromatic rings. The van der Waals surface area contributed by atoms with Crippen LogP contribution < -0.4 is 16.6 Å². The lowest BCUT2D eigenvalue weighted by atomic mass is 9.97. The predicted octanol–water partition coefficient (Wildman–Crippen LogP) is 1.25. The lowest BCUT2D eigenvalue weighted by molar-refractivity contribution is 0.367. The number of anilines is 1. The van der Waals surface area contributed by atoms with Gasteiger partial charge in [0.05, 0.1) is 18.4 Å². The van der Waals surface area contributed by atoms with Crippen molar-refractivity contribution in [3.05, 3.63) is 21.0 Å². The van der Waals surface area contributed by atoms with Crippen LogP contribution in [0.4, 0.5) is 5.69 Å². The molecule has 2 rings (SSSR count). The van der Waals surface area contributed by atoms with Crippen LogP contribution in [0.5, 0.6) is 0 Å². The average molecular weight is 358 g/mol. The van der Waals surface area contributed by atoms with E-state index in [-0.39, 0.29) is 11.1 Å². The fourth-order valence-electron chi connectivity index (χ4n) is 2.72. The minimum atomic E-state index is -0.105. The van der Waals surface area contributed by atoms with Gasteiger partial charge >= 0.3 is 0 Å². The Morgan fingerprint density at radius 3 is 2.71 bits per heavy atom. The van der Waals surface area contributed by atoms with Crippen LogP contribution in [-0.2, 0) is 6.54 Å². The number of aromatic nitrogens is 2. The van der Waals surface area contributed by atoms with Crippen LogP contribution in [0.2, 0.25) is 0 Å². The summed E-state index contributed by atoms with van der Waals surface area (Å²) in [6, 6.07) is 0. The number of nitrogens with zero attached hydrogens (tertiary/aromatic N) is 3. The van der Waals surface area contributed by atoms with E-state index >= 15 is 0 Å². The maximum atomic E-state index is 12.3. The van der Waals surface area contributed by atoms with Crippen LogP contribution in [0, 0.1) is 0 Å². The maximum absolute atomic E-state index is 12.3. The van der Waals surface area contributed by atoms with Crippen molar-refractivity contribution in [3.8, 4) is 0 Å². The first-order chi connectivity index (χ1) is 9.97. The SMILES string of the molecule is CN(C)CCn1ncc(NC2(CN)CCCC2)c(Br)c1=O. The number of nitrogens with two attached hydrogens (primary N) is 1. The zero-order chi connectivity index (χ0) is 15.5. The van der Waals surface area contributed by atoms with Gasteiger partial charge in [-0.15, -0.1) is 0 Å². The molecule has 0 saturated heterocycles. The Labute approximate surface area is 133 Å². The highest BCUT2D eigenvalue weighted by molar-refractivity contribution is 9.10. The van der Waals surface area contributed by atoms with E-state index in [4.69, 9.17) is 5.73 Å². The van der Waals surface area contributed by atoms with E-state index in [1.54, 1.807) is 6.20 Å². The normalized spacial score (nSPS) is 17.4. The number of rotatable bonds is 6. The largest absolute Gasteiger partial charge is 0.376 e. The third-order valence-electron chi connectivity index (χ3n) is 4.10. The van der Waals surface area contributed by atoms with Crippen LogP contribution in [0.15, 0.2) is 15.5 Å². The van der Waals surface area contributed by atoms with Gasteiger partial charge in [-0.1, -0.05) is 12.8 Å². The number of halogens is 1. The van der Waals surface area contributed by atoms with Gasteiger partial charge in [0.1, 0.15) is 4.47 Å². The highest BCUT2D eigenvalue weighted by atomic mass is 79.9. The topological polar surface area (TPSA) is 76.2 Å². The third kappa shape index (κ3) is 3.84. The van der Waals surface area contributed by atoms with Crippen molar-refractivity contribution in [2.45, 2.75) is 37.8 Å². The van der Waals surface area contributed by atoms with Gasteiger partial charge in [-0.25, -0.2) is 4.68 Å². The maximum Gasteiger partial charge on any atom is 0.283 e. The Balaban J connectivity index is 2.18. The molecule has 21 heavy (non-hydrogen) atoms. The quantitative estimate of drug-likeness (QED) is 0.801. The summed E-state index contributed by atoms with van der Waals surface area (Å²) in [7, 11) is 3.95. The molecule has 0 aromatic carbocycles. The first kappa shape index (κ1) is 16.5. The average Bonchev–Trinajstić information content (AvgIpc) is 2.92. The van der Waals surface area contributed by atoms with Gasteiger partial charge < -0.3 is 16.0 Å². The number of hydrogen-bond donors (Lipinski definition) is 2. The van der Waals surface area contributed by atoms with Crippen LogP contribution in [0.3, 0.4) is 0 Å². The van der Waals surface area contributed by atoms with E-state index < -0.39 is 0 Å². The second-order valence-electron chi connectivity index (χ2n) is 6.02. The predicted molar refractivity (Wildman–Crippen MR) is 88.6 cm³/mol. The first-order valence-electron chi connectivity index (χ1n) is 7.36. The molecule has 0 radical (unpaired) electrons. The molecule has 1 heterocycles. The minimum Gasteiger partial charge on any atom is -0.376 e. The lowest BCUT2D eigenvalue weighted by Crippen LogP contribution is -2.43. The third-order valence-corrected chi connectivity index (χ3v) is 4.86. The summed E-state index contributed by atoms with van der Waals surface area (Å²) in [5.41, 5.74) is 6.48. The van der Waals surface area contributed by atoms with Gasteiger partial charge in [0.2, 0.25) is 0 Å². The van der Waals surface area contributed by atoms with Crippen LogP contribution in [0.1, 0.15) is 25.7 Å². The van der Waals surface area contributed by atoms with Gasteiger partial charge in [-0.05, 0) is 42.9 Å². The molecule has 1 saturated carbocycles. The van der Waals surface area contributed by atoms with Crippen molar-refractivity contribution >= 4 is 21.6 Å². The molecule has 0 unspecified atom stereocenters. The monoisotopic (exact) mass is 357 g/mol. The van der Waals surface area contributed by atoms with Crippen molar-refractivity contribution in [2.75, 3.05) is 32.5 Å². The molecule has 0 amide bonds. The first-order valence-corrected chi connectivity index (χ1v) is 8.15. The Morgan fingerprint density at radius 2 is 2.14 bits per heavy atom. The summed E-state index contributed by atoms with van der Waals surface area (Å²) >= 11 is 3.41. The Morgan fingerprint density at radius 1 is 1.48 bits per heavy atom. The summed E-state index contributed by atoms with van der Waals surface area (Å²) in [6.45, 7) is 1.93. The van der Waals surface area contributed by atoms with Gasteiger partial charge in [0, 0.05) is 18.6 Å². The Hall–Kier alpha value is -0.920. The van der Waals surface area contributed by atoms with Gasteiger partial charge in [0.25, 0.3) is 5.56 Å². The summed E-state index contributed by atoms with van der Waals surface area (Å²) < 4.78 is 2.02. The second-order valence-corrected chi connectivity index (χ2v) is 6.81. The Bertz CT molecular complexity index is 537. The summed E-state index contributed by atoms with van der Waals surface area (Å²) in [5.74, 6) is 0. The van der Waals surface area contributed by atoms with Gasteiger partial charge in [-0.2, -0.15) is 5.10 Å². The minimum absolute atomic E-state index is 0.0908. The van der Waals surface area contributed by atoms with Crippen molar-refractivity contribution < 1.29 is 0 Å². The zero-order valence-corrected chi connectivity index (χ0v) is 14.3. The summed E-state index contributed by atoms with van der Waals surface area (Å²) in [6.07, 6.45) is 6.15. The highest BCUT2D eigenvalue weighted by Gasteiger charge is 2.33. The van der Waals surface area contributed by atoms with Gasteiger partial charge in [-0.3, -0.25) is 4.79 Å². The molecular formula is C14H24BrN5O. The molecule has 0 bridgehead atoms. The molecule has 1 fully saturated rings. The fraction of sp³-hybridized carbons (Fsp3) is 0.714. The zero-order valence-electron chi connectivity index (χ0n) is 12.7. The number of hydrogen-bond acceptors (Lipinski definition) is 5. The van der Waals surface area contributed by atoms with Crippen LogP contribution in [-0.4, -0.2) is 47.4 Å². The van der Waals surface area contributed by atoms with Crippen LogP contribution >= 0.6 is 15.9 Å². The molecule has 3 N–H and O–H groups in total. The number of nitrogens with one attached hydrogen (secondary N) is 1. The van der Waals surface area contributed by atoms with Crippen molar-refractivity contribution in [1.29, 1.82) is 0 Å². The number of likely N-dealkylation sites (N-methyl/N-ethyl adjacent to an activating group) is 1. The van der Waals surface area contributed by atoms with E-state index in [0.29, 0.717) is 17.6 Å². The molecular weight excluding hydrogens is 334 g/mol. The molecule has 1 aromatic heterocycles. The standard InChI is InChI=1S/C14H24BrN5O/c1-19(2)7-8-20-13(21)12(15)11(9-17-20)18-14(10-16)5-3-4-6-14/h9,18H,3-8,10,16H2,1-2H3. The van der Waals surface area contributed by atoms with Crippen molar-refractivity contribution in [1.82, 2.24) is 14.7 Å². The van der Waals surface area contributed by atoms with Crippen molar-refractivity contribution in [2.24, 2.45) is 5.73 Å². The fourth-order valence-corrected chi connectivity index (χ4v) is 3.13. The van der Waals surface area contributed by atoms with E-state index in [1.807, 2.05) is 19.0 Å². The van der Waals surface area contributed by atoms with E-state index in [2.05, 4.69) is 26.3 Å². The Kier molecular flexibility index (Phi) is 5.40. The molecule has 1 aliphatic carbocycles. The van der Waals surface area contributed by atoms with E-state index in [0.717, 1.165) is 25.1 Å². The second kappa shape index (κ2) is 6.89. The summed E-state index contributed by atoms with van der Waals surface area (Å²) in [4.78, 5) is 14.4. The molecule has 0 atom stereocenters. The van der Waals surface area contributed by atoms with Gasteiger partial charge in [0.15, 0.2) is 0 Å². The lowest BCUT2D eigenvalue weighted by Gasteiger charge is -2.30. The smallest absolute Gasteiger partial charge is 0.283 e. The van der Waals surface area contributed by atoms with Crippen LogP contribution in [0.25, 0.3) is 0 Å². The molecule has 118 valence electrons. The molecule has 7 heteroatoms. The highest BCUT2D eigenvalue weighted by Crippen LogP contribution is 2.33. The van der Waals surface area contributed by atoms with E-state index in [9.17, 15) is 4.79 Å². The molecule has 0 aliphatic heterocycles. The molecule has 1 aliphatic rings.